The average Bonchev–Trinajstić information content (AvgIpc) is 2.73. The molecule has 0 aromatic rings. The molecule has 0 aromatic heterocycles. The van der Waals surface area contributed by atoms with Crippen molar-refractivity contribution in [2.45, 2.75) is 50.2 Å². The average molecular weight is 244 g/mol. The molecule has 4 heteroatoms. The summed E-state index contributed by atoms with van der Waals surface area (Å²) in [5.41, 5.74) is -0.0636. The van der Waals surface area contributed by atoms with E-state index in [-0.39, 0.29) is 17.7 Å². The highest BCUT2D eigenvalue weighted by molar-refractivity contribution is 6.18. The van der Waals surface area contributed by atoms with Crippen molar-refractivity contribution in [3.05, 3.63) is 12.2 Å². The first-order valence-electron chi connectivity index (χ1n) is 5.97. The number of fused-ring (bicyclic) bond motifs is 1. The highest BCUT2D eigenvalue weighted by Gasteiger charge is 2.50. The third-order valence-electron chi connectivity index (χ3n) is 3.56. The molecule has 2 rings (SSSR count). The molecule has 16 heavy (non-hydrogen) atoms. The summed E-state index contributed by atoms with van der Waals surface area (Å²) in [7, 11) is 0. The molecule has 0 spiro atoms. The Labute approximate surface area is 101 Å². The Morgan fingerprint density at radius 2 is 2.44 bits per heavy atom. The first-order valence-corrected chi connectivity index (χ1v) is 6.50. The molecule has 1 N–H and O–H groups in total. The maximum absolute atomic E-state index is 11.2. The van der Waals surface area contributed by atoms with Gasteiger partial charge in [0.05, 0.1) is 5.54 Å². The van der Waals surface area contributed by atoms with Gasteiger partial charge in [-0.15, -0.1) is 11.6 Å². The van der Waals surface area contributed by atoms with Gasteiger partial charge in [-0.05, 0) is 38.5 Å². The Kier molecular flexibility index (Phi) is 3.74. The van der Waals surface area contributed by atoms with E-state index in [4.69, 9.17) is 16.3 Å². The second kappa shape index (κ2) is 5.09. The van der Waals surface area contributed by atoms with Crippen molar-refractivity contribution >= 4 is 17.7 Å². The molecule has 2 atom stereocenters. The van der Waals surface area contributed by atoms with Crippen LogP contribution in [0.2, 0.25) is 0 Å². The number of carbonyl (C=O) groups excluding carboxylic acids is 1. The molecular weight excluding hydrogens is 226 g/mol. The lowest BCUT2D eigenvalue weighted by Gasteiger charge is -2.25. The van der Waals surface area contributed by atoms with E-state index in [2.05, 4.69) is 11.4 Å². The van der Waals surface area contributed by atoms with Gasteiger partial charge in [-0.1, -0.05) is 12.2 Å². The Hall–Kier alpha value is -0.700. The largest absolute Gasteiger partial charge is 0.444 e. The van der Waals surface area contributed by atoms with Gasteiger partial charge in [0.1, 0.15) is 6.10 Å². The number of amides is 1. The van der Waals surface area contributed by atoms with E-state index in [0.717, 1.165) is 38.5 Å². The molecule has 2 fully saturated rings. The molecule has 1 saturated heterocycles. The van der Waals surface area contributed by atoms with Crippen molar-refractivity contribution in [3.63, 3.8) is 0 Å². The number of nitrogens with one attached hydrogen (secondary N) is 1. The zero-order chi connectivity index (χ0) is 11.4. The first-order chi connectivity index (χ1) is 7.77. The predicted octanol–water partition coefficient (Wildman–Crippen LogP) is 2.98. The van der Waals surface area contributed by atoms with Gasteiger partial charge in [0.2, 0.25) is 0 Å². The summed E-state index contributed by atoms with van der Waals surface area (Å²) < 4.78 is 5.28. The van der Waals surface area contributed by atoms with Crippen molar-refractivity contribution in [3.8, 4) is 0 Å². The molecule has 90 valence electrons. The lowest BCUT2D eigenvalue weighted by molar-refractivity contribution is 0.119. The van der Waals surface area contributed by atoms with Crippen molar-refractivity contribution in [2.75, 3.05) is 5.88 Å². The molecule has 0 bridgehead atoms. The fraction of sp³-hybridized carbons (Fsp3) is 0.750. The fourth-order valence-electron chi connectivity index (χ4n) is 2.78. The quantitative estimate of drug-likeness (QED) is 0.458. The SMILES string of the molecule is O=C1N[C@]2(CCC/C=C/CCl)CCC[C@@H]2O1. The maximum atomic E-state index is 11.2. The van der Waals surface area contributed by atoms with Crippen LogP contribution >= 0.6 is 11.6 Å². The monoisotopic (exact) mass is 243 g/mol. The molecule has 1 aliphatic carbocycles. The molecule has 1 heterocycles. The van der Waals surface area contributed by atoms with E-state index in [0.29, 0.717) is 5.88 Å². The van der Waals surface area contributed by atoms with Crippen molar-refractivity contribution in [2.24, 2.45) is 0 Å². The molecule has 0 radical (unpaired) electrons. The highest BCUT2D eigenvalue weighted by Crippen LogP contribution is 2.39. The van der Waals surface area contributed by atoms with Gasteiger partial charge in [0.15, 0.2) is 0 Å². The van der Waals surface area contributed by atoms with Gasteiger partial charge in [0.25, 0.3) is 0 Å². The number of hydrogen-bond donors (Lipinski definition) is 1. The number of allylic oxidation sites excluding steroid dienone is 2. The zero-order valence-corrected chi connectivity index (χ0v) is 10.1. The van der Waals surface area contributed by atoms with Crippen molar-refractivity contribution in [1.29, 1.82) is 0 Å². The van der Waals surface area contributed by atoms with E-state index in [1.807, 2.05) is 6.08 Å². The molecule has 1 aliphatic heterocycles. The first kappa shape index (κ1) is 11.8. The summed E-state index contributed by atoms with van der Waals surface area (Å²) in [6.45, 7) is 0. The fourth-order valence-corrected chi connectivity index (χ4v) is 2.91. The van der Waals surface area contributed by atoms with Gasteiger partial charge in [0, 0.05) is 5.88 Å². The van der Waals surface area contributed by atoms with Crippen LogP contribution in [0.1, 0.15) is 38.5 Å². The molecule has 2 aliphatic rings. The summed E-state index contributed by atoms with van der Waals surface area (Å²) >= 11 is 5.55. The number of alkyl halides is 1. The Bertz CT molecular complexity index is 293. The van der Waals surface area contributed by atoms with Crippen molar-refractivity contribution < 1.29 is 9.53 Å². The number of carbonyl (C=O) groups is 1. The van der Waals surface area contributed by atoms with Crippen LogP contribution < -0.4 is 5.32 Å². The minimum atomic E-state index is -0.235. The van der Waals surface area contributed by atoms with Gasteiger partial charge in [-0.25, -0.2) is 4.79 Å². The minimum absolute atomic E-state index is 0.0636. The second-order valence-electron chi connectivity index (χ2n) is 4.59. The lowest BCUT2D eigenvalue weighted by Crippen LogP contribution is -2.44. The molecule has 1 saturated carbocycles. The van der Waals surface area contributed by atoms with Crippen molar-refractivity contribution in [1.82, 2.24) is 5.32 Å². The van der Waals surface area contributed by atoms with Crippen LogP contribution in [-0.4, -0.2) is 23.6 Å². The van der Waals surface area contributed by atoms with Crippen LogP contribution in [0.15, 0.2) is 12.2 Å². The van der Waals surface area contributed by atoms with E-state index in [9.17, 15) is 4.79 Å². The summed E-state index contributed by atoms with van der Waals surface area (Å²) in [5, 5.41) is 3.01. The van der Waals surface area contributed by atoms with Crippen LogP contribution in [0.3, 0.4) is 0 Å². The predicted molar refractivity (Wildman–Crippen MR) is 63.7 cm³/mol. The standard InChI is InChI=1S/C12H18ClNO2/c13-9-4-2-1-3-7-12-8-5-6-10(12)16-11(15)14-12/h2,4,10H,1,3,5-9H2,(H,14,15)/b4-2+/t10-,12+/m0/s1. The second-order valence-corrected chi connectivity index (χ2v) is 4.89. The number of hydrogen-bond acceptors (Lipinski definition) is 2. The lowest BCUT2D eigenvalue weighted by atomic mass is 9.89. The van der Waals surface area contributed by atoms with Crippen LogP contribution in [-0.2, 0) is 4.74 Å². The van der Waals surface area contributed by atoms with E-state index >= 15 is 0 Å². The topological polar surface area (TPSA) is 38.3 Å². The number of alkyl carbamates (subject to hydrolysis) is 1. The number of halogens is 1. The summed E-state index contributed by atoms with van der Waals surface area (Å²) in [6, 6.07) is 0. The summed E-state index contributed by atoms with van der Waals surface area (Å²) in [5.74, 6) is 0.577. The highest BCUT2D eigenvalue weighted by atomic mass is 35.5. The molecule has 0 unspecified atom stereocenters. The molecule has 1 amide bonds. The normalized spacial score (nSPS) is 32.8. The van der Waals surface area contributed by atoms with Gasteiger partial charge in [-0.2, -0.15) is 0 Å². The summed E-state index contributed by atoms with van der Waals surface area (Å²) in [4.78, 5) is 11.2. The number of unbranched alkanes of at least 4 members (excludes halogenated alkanes) is 1. The van der Waals surface area contributed by atoms with E-state index in [1.54, 1.807) is 0 Å². The Balaban J connectivity index is 1.82. The van der Waals surface area contributed by atoms with Gasteiger partial charge < -0.3 is 10.1 Å². The van der Waals surface area contributed by atoms with Crippen LogP contribution in [0.4, 0.5) is 4.79 Å². The maximum Gasteiger partial charge on any atom is 0.408 e. The van der Waals surface area contributed by atoms with Crippen LogP contribution in [0.5, 0.6) is 0 Å². The smallest absolute Gasteiger partial charge is 0.408 e. The third kappa shape index (κ3) is 2.34. The molecule has 3 nitrogen and oxygen atoms in total. The van der Waals surface area contributed by atoms with Gasteiger partial charge in [-0.3, -0.25) is 0 Å². The number of rotatable bonds is 5. The Morgan fingerprint density at radius 3 is 3.25 bits per heavy atom. The summed E-state index contributed by atoms with van der Waals surface area (Å²) in [6.07, 6.45) is 10.3. The van der Waals surface area contributed by atoms with Crippen LogP contribution in [0, 0.1) is 0 Å². The van der Waals surface area contributed by atoms with Crippen LogP contribution in [0.25, 0.3) is 0 Å². The van der Waals surface area contributed by atoms with E-state index in [1.165, 1.54) is 0 Å². The number of ether oxygens (including phenoxy) is 1. The van der Waals surface area contributed by atoms with Gasteiger partial charge >= 0.3 is 6.09 Å². The minimum Gasteiger partial charge on any atom is -0.444 e. The Morgan fingerprint density at radius 1 is 1.56 bits per heavy atom. The molecule has 0 aromatic carbocycles. The zero-order valence-electron chi connectivity index (χ0n) is 9.38. The third-order valence-corrected chi connectivity index (χ3v) is 3.73. The van der Waals surface area contributed by atoms with E-state index < -0.39 is 0 Å². The molecular formula is C12H18ClNO2.